The monoisotopic (exact) mass is 254 g/mol. The second-order valence-corrected chi connectivity index (χ2v) is 4.65. The molecule has 0 heterocycles. The van der Waals surface area contributed by atoms with Crippen LogP contribution >= 0.6 is 12.6 Å². The molecule has 0 saturated carbocycles. The molecular weight excluding hydrogens is 232 g/mol. The van der Waals surface area contributed by atoms with Crippen molar-refractivity contribution in [1.82, 2.24) is 0 Å². The normalized spacial score (nSPS) is 11.3. The molecule has 0 aliphatic heterocycles. The first-order valence-corrected chi connectivity index (χ1v) is 6.70. The summed E-state index contributed by atoms with van der Waals surface area (Å²) in [6, 6.07) is 7.70. The Morgan fingerprint density at radius 1 is 1.06 bits per heavy atom. The Bertz CT molecular complexity index is 309. The molecule has 3 heteroatoms. The average Bonchev–Trinajstić information content (AvgIpc) is 2.41. The molecular formula is C14H22O2S. The Hall–Kier alpha value is -0.830. The summed E-state index contributed by atoms with van der Waals surface area (Å²) < 4.78 is 10.9. The second kappa shape index (κ2) is 6.80. The molecule has 0 bridgehead atoms. The quantitative estimate of drug-likeness (QED) is 0.746. The number of hydrogen-bond acceptors (Lipinski definition) is 3. The fourth-order valence-electron chi connectivity index (χ4n) is 1.63. The SMILES string of the molecule is CCC(CC)(CS)COc1ccc(OC)cc1. The van der Waals surface area contributed by atoms with Gasteiger partial charge >= 0.3 is 0 Å². The summed E-state index contributed by atoms with van der Waals surface area (Å²) in [6.45, 7) is 5.10. The number of hydrogen-bond donors (Lipinski definition) is 1. The van der Waals surface area contributed by atoms with Crippen LogP contribution in [0.1, 0.15) is 26.7 Å². The lowest BCUT2D eigenvalue weighted by Gasteiger charge is -2.29. The molecule has 0 spiro atoms. The van der Waals surface area contributed by atoms with Crippen LogP contribution in [0.3, 0.4) is 0 Å². The summed E-state index contributed by atoms with van der Waals surface area (Å²) in [5.41, 5.74) is 0.184. The summed E-state index contributed by atoms with van der Waals surface area (Å²) >= 11 is 4.44. The number of rotatable bonds is 7. The first-order chi connectivity index (χ1) is 8.19. The van der Waals surface area contributed by atoms with Crippen LogP contribution in [0.15, 0.2) is 24.3 Å². The van der Waals surface area contributed by atoms with Crippen molar-refractivity contribution >= 4 is 12.6 Å². The van der Waals surface area contributed by atoms with Crippen molar-refractivity contribution in [3.63, 3.8) is 0 Å². The topological polar surface area (TPSA) is 18.5 Å². The molecule has 1 rings (SSSR count). The summed E-state index contributed by atoms with van der Waals surface area (Å²) in [4.78, 5) is 0. The van der Waals surface area contributed by atoms with Gasteiger partial charge < -0.3 is 9.47 Å². The van der Waals surface area contributed by atoms with Gasteiger partial charge in [-0.3, -0.25) is 0 Å². The maximum absolute atomic E-state index is 5.84. The predicted molar refractivity (Wildman–Crippen MR) is 75.4 cm³/mol. The van der Waals surface area contributed by atoms with E-state index in [0.29, 0.717) is 0 Å². The lowest BCUT2D eigenvalue weighted by atomic mass is 9.85. The molecule has 0 aliphatic rings. The van der Waals surface area contributed by atoms with Gasteiger partial charge in [-0.25, -0.2) is 0 Å². The van der Waals surface area contributed by atoms with Crippen molar-refractivity contribution in [1.29, 1.82) is 0 Å². The van der Waals surface area contributed by atoms with E-state index >= 15 is 0 Å². The van der Waals surface area contributed by atoms with Gasteiger partial charge in [0.05, 0.1) is 13.7 Å². The number of methoxy groups -OCH3 is 1. The highest BCUT2D eigenvalue weighted by Gasteiger charge is 2.25. The molecule has 2 nitrogen and oxygen atoms in total. The highest BCUT2D eigenvalue weighted by atomic mass is 32.1. The molecule has 0 fully saturated rings. The summed E-state index contributed by atoms with van der Waals surface area (Å²) in [7, 11) is 1.66. The van der Waals surface area contributed by atoms with Gasteiger partial charge in [-0.2, -0.15) is 12.6 Å². The van der Waals surface area contributed by atoms with E-state index in [1.165, 1.54) is 0 Å². The van der Waals surface area contributed by atoms with E-state index in [-0.39, 0.29) is 5.41 Å². The minimum Gasteiger partial charge on any atom is -0.497 e. The molecule has 0 atom stereocenters. The molecule has 0 aliphatic carbocycles. The minimum atomic E-state index is 0.184. The molecule has 96 valence electrons. The smallest absolute Gasteiger partial charge is 0.119 e. The van der Waals surface area contributed by atoms with E-state index in [0.717, 1.165) is 36.7 Å². The fourth-order valence-corrected chi connectivity index (χ4v) is 2.17. The van der Waals surface area contributed by atoms with Crippen molar-refractivity contribution < 1.29 is 9.47 Å². The molecule has 17 heavy (non-hydrogen) atoms. The van der Waals surface area contributed by atoms with Gasteiger partial charge in [0.2, 0.25) is 0 Å². The van der Waals surface area contributed by atoms with Crippen LogP contribution in [0.4, 0.5) is 0 Å². The van der Waals surface area contributed by atoms with Crippen molar-refractivity contribution in [2.24, 2.45) is 5.41 Å². The standard InChI is InChI=1S/C14H22O2S/c1-4-14(5-2,11-17)10-16-13-8-6-12(15-3)7-9-13/h6-9,17H,4-5,10-11H2,1-3H3. The Morgan fingerprint density at radius 2 is 1.59 bits per heavy atom. The van der Waals surface area contributed by atoms with Gasteiger partial charge in [0, 0.05) is 5.41 Å². The lowest BCUT2D eigenvalue weighted by molar-refractivity contribution is 0.157. The zero-order chi connectivity index (χ0) is 12.7. The Labute approximate surface area is 110 Å². The van der Waals surface area contributed by atoms with E-state index in [2.05, 4.69) is 26.5 Å². The lowest BCUT2D eigenvalue weighted by Crippen LogP contribution is -2.29. The molecule has 1 aromatic rings. The van der Waals surface area contributed by atoms with Crippen molar-refractivity contribution in [2.75, 3.05) is 19.5 Å². The molecule has 0 aromatic heterocycles. The molecule has 0 unspecified atom stereocenters. The van der Waals surface area contributed by atoms with E-state index in [4.69, 9.17) is 9.47 Å². The van der Waals surface area contributed by atoms with Crippen LogP contribution in [-0.4, -0.2) is 19.5 Å². The van der Waals surface area contributed by atoms with E-state index in [1.54, 1.807) is 7.11 Å². The van der Waals surface area contributed by atoms with Crippen LogP contribution in [-0.2, 0) is 0 Å². The molecule has 0 saturated heterocycles. The maximum atomic E-state index is 5.84. The first-order valence-electron chi connectivity index (χ1n) is 6.07. The maximum Gasteiger partial charge on any atom is 0.119 e. The van der Waals surface area contributed by atoms with E-state index in [1.807, 2.05) is 24.3 Å². The van der Waals surface area contributed by atoms with E-state index in [9.17, 15) is 0 Å². The zero-order valence-electron chi connectivity index (χ0n) is 10.9. The molecule has 0 amide bonds. The third-order valence-corrected chi connectivity index (χ3v) is 4.11. The summed E-state index contributed by atoms with van der Waals surface area (Å²) in [6.07, 6.45) is 2.17. The van der Waals surface area contributed by atoms with Crippen LogP contribution in [0.25, 0.3) is 0 Å². The fraction of sp³-hybridized carbons (Fsp3) is 0.571. The van der Waals surface area contributed by atoms with Crippen LogP contribution < -0.4 is 9.47 Å². The van der Waals surface area contributed by atoms with Crippen LogP contribution in [0.5, 0.6) is 11.5 Å². The molecule has 1 aromatic carbocycles. The second-order valence-electron chi connectivity index (χ2n) is 4.33. The zero-order valence-corrected chi connectivity index (χ0v) is 11.8. The van der Waals surface area contributed by atoms with Gasteiger partial charge in [0.15, 0.2) is 0 Å². The van der Waals surface area contributed by atoms with Gasteiger partial charge in [0.25, 0.3) is 0 Å². The van der Waals surface area contributed by atoms with Gasteiger partial charge in [-0.1, -0.05) is 13.8 Å². The van der Waals surface area contributed by atoms with Crippen molar-refractivity contribution in [3.8, 4) is 11.5 Å². The summed E-state index contributed by atoms with van der Waals surface area (Å²) in [5, 5.41) is 0. The predicted octanol–water partition coefficient (Wildman–Crippen LogP) is 3.81. The minimum absolute atomic E-state index is 0.184. The highest BCUT2D eigenvalue weighted by Crippen LogP contribution is 2.29. The largest absolute Gasteiger partial charge is 0.497 e. The van der Waals surface area contributed by atoms with Crippen molar-refractivity contribution in [2.45, 2.75) is 26.7 Å². The van der Waals surface area contributed by atoms with Gasteiger partial charge in [-0.15, -0.1) is 0 Å². The third kappa shape index (κ3) is 3.84. The molecule has 0 radical (unpaired) electrons. The van der Waals surface area contributed by atoms with E-state index < -0.39 is 0 Å². The van der Waals surface area contributed by atoms with Crippen LogP contribution in [0, 0.1) is 5.41 Å². The van der Waals surface area contributed by atoms with Gasteiger partial charge in [-0.05, 0) is 42.9 Å². The number of thiol groups is 1. The summed E-state index contributed by atoms with van der Waals surface area (Å²) in [5.74, 6) is 2.60. The van der Waals surface area contributed by atoms with Crippen molar-refractivity contribution in [3.05, 3.63) is 24.3 Å². The third-order valence-electron chi connectivity index (χ3n) is 3.44. The van der Waals surface area contributed by atoms with Crippen LogP contribution in [0.2, 0.25) is 0 Å². The molecule has 0 N–H and O–H groups in total. The Morgan fingerprint density at radius 3 is 2.00 bits per heavy atom. The Balaban J connectivity index is 2.59. The van der Waals surface area contributed by atoms with Gasteiger partial charge in [0.1, 0.15) is 11.5 Å². The number of ether oxygens (including phenoxy) is 2. The number of benzene rings is 1. The first kappa shape index (κ1) is 14.2. The average molecular weight is 254 g/mol. The Kier molecular flexibility index (Phi) is 5.69. The highest BCUT2D eigenvalue weighted by molar-refractivity contribution is 7.80.